The third kappa shape index (κ3) is 5.15. The number of imidazole rings is 1. The molecule has 2 fully saturated rings. The maximum absolute atomic E-state index is 14.5. The average molecular weight is 533 g/mol. The lowest BCUT2D eigenvalue weighted by atomic mass is 9.85. The second-order valence-electron chi connectivity index (χ2n) is 9.70. The number of nitrogens with two attached hydrogens (primary N) is 1. The number of carbonyl (C=O) groups excluding carboxylic acids is 1. The van der Waals surface area contributed by atoms with Gasteiger partial charge < -0.3 is 26.4 Å². The van der Waals surface area contributed by atoms with Crippen LogP contribution >= 0.6 is 0 Å². The van der Waals surface area contributed by atoms with Crippen molar-refractivity contribution in [1.29, 1.82) is 0 Å². The number of hydrogen-bond acceptors (Lipinski definition) is 7. The molecule has 1 aromatic carbocycles. The molecule has 14 heteroatoms. The Hall–Kier alpha value is -4.10. The van der Waals surface area contributed by atoms with Crippen LogP contribution in [0.3, 0.4) is 0 Å². The number of aromatic nitrogens is 4. The number of amides is 2. The zero-order valence-corrected chi connectivity index (χ0v) is 20.3. The maximum Gasteiger partial charge on any atom is 0.407 e. The molecule has 3 aromatic rings. The van der Waals surface area contributed by atoms with Crippen LogP contribution in [0.15, 0.2) is 18.3 Å². The molecule has 1 aliphatic carbocycles. The van der Waals surface area contributed by atoms with E-state index >= 15 is 0 Å². The second kappa shape index (κ2) is 10.3. The number of hydrogen-bond donors (Lipinski definition) is 4. The van der Waals surface area contributed by atoms with Gasteiger partial charge in [-0.3, -0.25) is 9.36 Å². The number of primary amides is 1. The molecule has 38 heavy (non-hydrogen) atoms. The summed E-state index contributed by atoms with van der Waals surface area (Å²) in [6.07, 6.45) is 4.05. The number of halogens is 3. The third-order valence-corrected chi connectivity index (χ3v) is 7.17. The van der Waals surface area contributed by atoms with Crippen molar-refractivity contribution >= 4 is 40.7 Å². The van der Waals surface area contributed by atoms with Crippen molar-refractivity contribution in [3.63, 3.8) is 0 Å². The van der Waals surface area contributed by atoms with Crippen LogP contribution in [0.1, 0.15) is 44.6 Å². The topological polar surface area (TPSA) is 151 Å². The molecule has 202 valence electrons. The molecule has 2 aromatic heterocycles. The van der Waals surface area contributed by atoms with Crippen molar-refractivity contribution in [2.75, 3.05) is 23.7 Å². The van der Waals surface area contributed by atoms with Crippen molar-refractivity contribution in [2.24, 2.45) is 11.7 Å². The first-order valence-corrected chi connectivity index (χ1v) is 12.4. The normalized spacial score (nSPS) is 21.9. The van der Waals surface area contributed by atoms with Gasteiger partial charge in [0.25, 0.3) is 0 Å². The molecule has 11 nitrogen and oxygen atoms in total. The highest BCUT2D eigenvalue weighted by atomic mass is 19.1. The smallest absolute Gasteiger partial charge is 0.407 e. The summed E-state index contributed by atoms with van der Waals surface area (Å²) in [6, 6.07) is 0.732. The summed E-state index contributed by atoms with van der Waals surface area (Å²) in [6.45, 7) is 0.739. The Morgan fingerprint density at radius 1 is 1.05 bits per heavy atom. The highest BCUT2D eigenvalue weighted by molar-refractivity contribution is 5.78. The van der Waals surface area contributed by atoms with E-state index < -0.39 is 29.2 Å². The first kappa shape index (κ1) is 25.5. The van der Waals surface area contributed by atoms with Gasteiger partial charge >= 0.3 is 6.09 Å². The summed E-state index contributed by atoms with van der Waals surface area (Å²) in [5, 5.41) is 15.2. The number of fused-ring (bicyclic) bond motifs is 1. The van der Waals surface area contributed by atoms with E-state index in [9.17, 15) is 27.9 Å². The van der Waals surface area contributed by atoms with Gasteiger partial charge in [-0.15, -0.1) is 0 Å². The molecule has 0 radical (unpaired) electrons. The van der Waals surface area contributed by atoms with Gasteiger partial charge in [0.15, 0.2) is 17.3 Å². The Balaban J connectivity index is 1.50. The van der Waals surface area contributed by atoms with Crippen molar-refractivity contribution in [3.05, 3.63) is 35.8 Å². The minimum absolute atomic E-state index is 0.0908. The minimum atomic E-state index is -1.12. The van der Waals surface area contributed by atoms with Crippen LogP contribution in [0, 0.1) is 23.4 Å². The van der Waals surface area contributed by atoms with E-state index in [1.165, 1.54) is 11.1 Å². The van der Waals surface area contributed by atoms with Gasteiger partial charge in [-0.05, 0) is 38.5 Å². The maximum atomic E-state index is 14.5. The molecule has 1 saturated carbocycles. The number of carbonyl (C=O) groups is 2. The minimum Gasteiger partial charge on any atom is -0.465 e. The van der Waals surface area contributed by atoms with E-state index in [2.05, 4.69) is 25.6 Å². The fourth-order valence-electron chi connectivity index (χ4n) is 5.24. The molecular weight excluding hydrogens is 505 g/mol. The van der Waals surface area contributed by atoms with Crippen molar-refractivity contribution in [1.82, 2.24) is 24.4 Å². The number of benzene rings is 1. The summed E-state index contributed by atoms with van der Waals surface area (Å²) >= 11 is 0. The van der Waals surface area contributed by atoms with Crippen molar-refractivity contribution in [3.8, 4) is 0 Å². The quantitative estimate of drug-likeness (QED) is 0.375. The van der Waals surface area contributed by atoms with E-state index in [4.69, 9.17) is 5.73 Å². The summed E-state index contributed by atoms with van der Waals surface area (Å²) < 4.78 is 44.1. The van der Waals surface area contributed by atoms with Gasteiger partial charge in [0.05, 0.1) is 6.20 Å². The molecule has 0 bridgehead atoms. The fraction of sp³-hybridized carbons (Fsp3) is 0.458. The molecule has 0 spiro atoms. The Labute approximate surface area is 215 Å². The Kier molecular flexibility index (Phi) is 6.95. The lowest BCUT2D eigenvalue weighted by Gasteiger charge is -2.31. The molecule has 5 rings (SSSR count). The van der Waals surface area contributed by atoms with Crippen molar-refractivity contribution < 1.29 is 27.9 Å². The van der Waals surface area contributed by atoms with Gasteiger partial charge in [0.2, 0.25) is 17.8 Å². The largest absolute Gasteiger partial charge is 0.465 e. The molecule has 2 aliphatic rings. The predicted octanol–water partition coefficient (Wildman–Crippen LogP) is 3.76. The SMILES string of the molecule is NC(=O)C1CCC(n2c(Nc3c(F)cc(F)cc3F)nc3cnc(NC4CCCN(C(=O)O)C4)nc32)CC1. The zero-order valence-electron chi connectivity index (χ0n) is 20.3. The molecule has 3 heterocycles. The first-order chi connectivity index (χ1) is 18.2. The predicted molar refractivity (Wildman–Crippen MR) is 131 cm³/mol. The monoisotopic (exact) mass is 532 g/mol. The van der Waals surface area contributed by atoms with E-state index in [1.54, 1.807) is 4.57 Å². The first-order valence-electron chi connectivity index (χ1n) is 12.4. The molecule has 1 unspecified atom stereocenters. The van der Waals surface area contributed by atoms with Gasteiger partial charge in [0, 0.05) is 43.2 Å². The number of nitrogens with zero attached hydrogens (tertiary/aromatic N) is 5. The highest BCUT2D eigenvalue weighted by Crippen LogP contribution is 2.37. The Bertz CT molecular complexity index is 1350. The van der Waals surface area contributed by atoms with Gasteiger partial charge in [0.1, 0.15) is 17.0 Å². The van der Waals surface area contributed by atoms with Crippen LogP contribution in [-0.4, -0.2) is 60.7 Å². The summed E-state index contributed by atoms with van der Waals surface area (Å²) in [7, 11) is 0. The number of anilines is 3. The van der Waals surface area contributed by atoms with Crippen molar-refractivity contribution in [2.45, 2.75) is 50.6 Å². The number of likely N-dealkylation sites (tertiary alicyclic amines) is 1. The number of carboxylic acid groups (broad SMARTS) is 1. The van der Waals surface area contributed by atoms with Crippen LogP contribution in [0.25, 0.3) is 11.2 Å². The zero-order chi connectivity index (χ0) is 27.0. The van der Waals surface area contributed by atoms with Gasteiger partial charge in [-0.25, -0.2) is 27.9 Å². The lowest BCUT2D eigenvalue weighted by molar-refractivity contribution is -0.122. The third-order valence-electron chi connectivity index (χ3n) is 7.17. The highest BCUT2D eigenvalue weighted by Gasteiger charge is 2.30. The van der Waals surface area contributed by atoms with E-state index in [0.29, 0.717) is 61.9 Å². The summed E-state index contributed by atoms with van der Waals surface area (Å²) in [4.78, 5) is 37.8. The van der Waals surface area contributed by atoms with Crippen LogP contribution in [0.2, 0.25) is 0 Å². The second-order valence-corrected chi connectivity index (χ2v) is 9.70. The Morgan fingerprint density at radius 3 is 2.42 bits per heavy atom. The van der Waals surface area contributed by atoms with Gasteiger partial charge in [-0.2, -0.15) is 4.98 Å². The Morgan fingerprint density at radius 2 is 1.76 bits per heavy atom. The lowest BCUT2D eigenvalue weighted by Crippen LogP contribution is -2.44. The summed E-state index contributed by atoms with van der Waals surface area (Å²) in [5.41, 5.74) is 5.67. The fourth-order valence-corrected chi connectivity index (χ4v) is 5.24. The number of nitrogens with one attached hydrogen (secondary N) is 2. The molecule has 5 N–H and O–H groups in total. The van der Waals surface area contributed by atoms with Gasteiger partial charge in [-0.1, -0.05) is 0 Å². The average Bonchev–Trinajstić information content (AvgIpc) is 3.23. The molecule has 1 aliphatic heterocycles. The number of piperidine rings is 1. The van der Waals surface area contributed by atoms with Crippen LogP contribution in [0.4, 0.5) is 35.5 Å². The van der Waals surface area contributed by atoms with Crippen LogP contribution in [0.5, 0.6) is 0 Å². The van der Waals surface area contributed by atoms with E-state index in [0.717, 1.165) is 6.42 Å². The molecular formula is C24H27F3N8O3. The molecule has 2 amide bonds. The molecule has 1 saturated heterocycles. The standard InChI is InChI=1S/C24H27F3N8O3/c25-13-8-16(26)19(17(27)9-13)32-23-31-18-10-29-22(30-14-2-1-7-34(11-14)24(37)38)33-21(18)35(23)15-5-3-12(4-6-15)20(28)36/h8-10,12,14-15H,1-7,11H2,(H2,28,36)(H,31,32)(H,37,38)(H,29,30,33). The molecule has 1 atom stereocenters. The van der Waals surface area contributed by atoms with E-state index in [1.807, 2.05) is 0 Å². The van der Waals surface area contributed by atoms with E-state index in [-0.39, 0.29) is 42.4 Å². The van der Waals surface area contributed by atoms with Crippen LogP contribution < -0.4 is 16.4 Å². The summed E-state index contributed by atoms with van der Waals surface area (Å²) in [5.74, 6) is -3.57. The number of rotatable bonds is 6. The van der Waals surface area contributed by atoms with Crippen LogP contribution in [-0.2, 0) is 4.79 Å².